The number of hydrogen-bond acceptors (Lipinski definition) is 4. The van der Waals surface area contributed by atoms with Crippen molar-refractivity contribution in [1.29, 1.82) is 5.26 Å². The molecule has 0 saturated heterocycles. The fraction of sp³-hybridized carbons (Fsp3) is 0.128. The molecule has 2 heterocycles. The molecule has 1 fully saturated rings. The number of nitrogens with zero attached hydrogens (tertiary/aromatic N) is 3. The highest BCUT2D eigenvalue weighted by molar-refractivity contribution is 6.07. The monoisotopic (exact) mass is 655 g/mol. The van der Waals surface area contributed by atoms with Crippen molar-refractivity contribution in [3.63, 3.8) is 0 Å². The van der Waals surface area contributed by atoms with Gasteiger partial charge in [-0.15, -0.1) is 0 Å². The Balaban J connectivity index is 1.03. The fourth-order valence-electron chi connectivity index (χ4n) is 8.64. The molecule has 2 aliphatic rings. The zero-order chi connectivity index (χ0) is 33.9. The van der Waals surface area contributed by atoms with Crippen LogP contribution in [0.2, 0.25) is 0 Å². The smallest absolute Gasteiger partial charge is 0.180 e. The molecule has 0 bridgehead atoms. The number of rotatable bonds is 4. The summed E-state index contributed by atoms with van der Waals surface area (Å²) in [7, 11) is 0. The van der Waals surface area contributed by atoms with Gasteiger partial charge in [0.1, 0.15) is 16.8 Å². The molecule has 242 valence electrons. The van der Waals surface area contributed by atoms with Crippen molar-refractivity contribution in [3.8, 4) is 62.1 Å². The van der Waals surface area contributed by atoms with Gasteiger partial charge in [-0.25, -0.2) is 9.97 Å². The molecule has 0 unspecified atom stereocenters. The molecule has 0 atom stereocenters. The minimum Gasteiger partial charge on any atom is -0.452 e. The Morgan fingerprint density at radius 3 is 2.02 bits per heavy atom. The molecule has 2 aromatic heterocycles. The van der Waals surface area contributed by atoms with Gasteiger partial charge in [-0.3, -0.25) is 0 Å². The summed E-state index contributed by atoms with van der Waals surface area (Å²) in [5.41, 5.74) is 16.1. The molecule has 0 radical (unpaired) electrons. The minimum atomic E-state index is 0.146. The second-order valence-electron chi connectivity index (χ2n) is 14.0. The van der Waals surface area contributed by atoms with Gasteiger partial charge in [0.05, 0.1) is 11.6 Å². The van der Waals surface area contributed by atoms with Crippen LogP contribution in [0.5, 0.6) is 0 Å². The lowest BCUT2D eigenvalue weighted by Gasteiger charge is -2.36. The lowest BCUT2D eigenvalue weighted by Crippen LogP contribution is -2.28. The lowest BCUT2D eigenvalue weighted by atomic mass is 9.67. The summed E-state index contributed by atoms with van der Waals surface area (Å²) in [6, 6.07) is 51.3. The van der Waals surface area contributed by atoms with E-state index in [1.165, 1.54) is 65.5 Å². The van der Waals surface area contributed by atoms with E-state index in [2.05, 4.69) is 97.1 Å². The average molecular weight is 656 g/mol. The Bertz CT molecular complexity index is 2670. The number of fused-ring (bicyclic) bond motifs is 8. The van der Waals surface area contributed by atoms with E-state index in [9.17, 15) is 5.26 Å². The second kappa shape index (κ2) is 11.6. The van der Waals surface area contributed by atoms with Crippen molar-refractivity contribution < 1.29 is 4.42 Å². The van der Waals surface area contributed by atoms with Crippen LogP contribution >= 0.6 is 0 Å². The van der Waals surface area contributed by atoms with Gasteiger partial charge in [-0.2, -0.15) is 5.26 Å². The van der Waals surface area contributed by atoms with Crippen LogP contribution in [0.15, 0.2) is 144 Å². The molecule has 0 amide bonds. The predicted molar refractivity (Wildman–Crippen MR) is 205 cm³/mol. The average Bonchev–Trinajstić information content (AvgIpc) is 3.71. The van der Waals surface area contributed by atoms with E-state index in [1.54, 1.807) is 12.1 Å². The highest BCUT2D eigenvalue weighted by atomic mass is 16.3. The molecule has 8 aromatic rings. The number of benzene rings is 6. The Morgan fingerprint density at radius 2 is 1.22 bits per heavy atom. The van der Waals surface area contributed by atoms with Crippen LogP contribution < -0.4 is 0 Å². The van der Waals surface area contributed by atoms with Crippen LogP contribution in [0.25, 0.3) is 78.1 Å². The molecule has 0 aliphatic heterocycles. The summed E-state index contributed by atoms with van der Waals surface area (Å²) in [4.78, 5) is 10.0. The van der Waals surface area contributed by atoms with E-state index < -0.39 is 0 Å². The third-order valence-electron chi connectivity index (χ3n) is 11.2. The van der Waals surface area contributed by atoms with E-state index in [0.717, 1.165) is 44.4 Å². The Hall–Kier alpha value is -6.31. The SMILES string of the molecule is N#Cc1ccc(-c2nc(-c3cccc(-c4ccc(-c5ccc6c(c5)C5(CCCCC5)c5ccccc5-6)cc4)c3)c3oc4ccccc4c3n2)cc1. The van der Waals surface area contributed by atoms with Gasteiger partial charge < -0.3 is 4.42 Å². The van der Waals surface area contributed by atoms with Gasteiger partial charge in [0.2, 0.25) is 0 Å². The number of nitriles is 1. The summed E-state index contributed by atoms with van der Waals surface area (Å²) in [6.07, 6.45) is 6.38. The summed E-state index contributed by atoms with van der Waals surface area (Å²) in [6.45, 7) is 0. The minimum absolute atomic E-state index is 0.146. The quantitative estimate of drug-likeness (QED) is 0.189. The second-order valence-corrected chi connectivity index (χ2v) is 14.0. The van der Waals surface area contributed by atoms with Crippen molar-refractivity contribution in [3.05, 3.63) is 156 Å². The summed E-state index contributed by atoms with van der Waals surface area (Å²) < 4.78 is 6.40. The molecule has 4 nitrogen and oxygen atoms in total. The van der Waals surface area contributed by atoms with Crippen LogP contribution in [0.3, 0.4) is 0 Å². The molecule has 1 spiro atoms. The number of aromatic nitrogens is 2. The predicted octanol–water partition coefficient (Wildman–Crippen LogP) is 12.1. The Morgan fingerprint density at radius 1 is 0.549 bits per heavy atom. The first-order valence-corrected chi connectivity index (χ1v) is 17.8. The molecule has 4 heteroatoms. The normalized spacial score (nSPS) is 14.4. The Kier molecular flexibility index (Phi) is 6.76. The largest absolute Gasteiger partial charge is 0.452 e. The van der Waals surface area contributed by atoms with Crippen molar-refractivity contribution in [2.24, 2.45) is 0 Å². The summed E-state index contributed by atoms with van der Waals surface area (Å²) >= 11 is 0. The standard InChI is InChI=1S/C47H33N3O/c48-29-30-15-17-33(18-16-30)46-49-43(45-44(50-46)39-12-3-5-14-42(39)51-45)36-10-8-9-34(27-36)31-19-21-32(22-20-31)35-23-24-38-37-11-2-4-13-40(37)47(41(38)28-35)25-6-1-7-26-47/h2-5,8-24,27-28H,1,6-7,25-26H2. The van der Waals surface area contributed by atoms with Gasteiger partial charge in [0, 0.05) is 21.9 Å². The van der Waals surface area contributed by atoms with Gasteiger partial charge in [0.15, 0.2) is 11.4 Å². The van der Waals surface area contributed by atoms with E-state index in [1.807, 2.05) is 36.4 Å². The molecular weight excluding hydrogens is 623 g/mol. The zero-order valence-corrected chi connectivity index (χ0v) is 28.1. The maximum Gasteiger partial charge on any atom is 0.180 e. The molecular formula is C47H33N3O. The first-order chi connectivity index (χ1) is 25.2. The fourth-order valence-corrected chi connectivity index (χ4v) is 8.64. The third-order valence-corrected chi connectivity index (χ3v) is 11.2. The first-order valence-electron chi connectivity index (χ1n) is 17.8. The first kappa shape index (κ1) is 29.6. The van der Waals surface area contributed by atoms with Crippen molar-refractivity contribution >= 4 is 22.1 Å². The number of para-hydroxylation sites is 1. The van der Waals surface area contributed by atoms with Crippen LogP contribution in [0.1, 0.15) is 48.8 Å². The Labute approximate surface area is 296 Å². The van der Waals surface area contributed by atoms with Crippen LogP contribution in [-0.4, -0.2) is 9.97 Å². The molecule has 10 rings (SSSR count). The van der Waals surface area contributed by atoms with Crippen molar-refractivity contribution in [1.82, 2.24) is 9.97 Å². The lowest BCUT2D eigenvalue weighted by molar-refractivity contribution is 0.353. The van der Waals surface area contributed by atoms with E-state index in [-0.39, 0.29) is 5.41 Å². The van der Waals surface area contributed by atoms with Gasteiger partial charge >= 0.3 is 0 Å². The maximum absolute atomic E-state index is 9.34. The summed E-state index contributed by atoms with van der Waals surface area (Å²) in [5, 5.41) is 10.3. The highest BCUT2D eigenvalue weighted by Crippen LogP contribution is 2.56. The molecule has 2 aliphatic carbocycles. The van der Waals surface area contributed by atoms with Crippen LogP contribution in [0, 0.1) is 11.3 Å². The van der Waals surface area contributed by atoms with Gasteiger partial charge in [0.25, 0.3) is 0 Å². The molecule has 51 heavy (non-hydrogen) atoms. The zero-order valence-electron chi connectivity index (χ0n) is 28.1. The van der Waals surface area contributed by atoms with E-state index >= 15 is 0 Å². The van der Waals surface area contributed by atoms with Gasteiger partial charge in [-0.1, -0.05) is 110 Å². The molecule has 6 aromatic carbocycles. The third kappa shape index (κ3) is 4.73. The van der Waals surface area contributed by atoms with Crippen LogP contribution in [-0.2, 0) is 5.41 Å². The van der Waals surface area contributed by atoms with Crippen molar-refractivity contribution in [2.45, 2.75) is 37.5 Å². The topological polar surface area (TPSA) is 62.7 Å². The van der Waals surface area contributed by atoms with E-state index in [4.69, 9.17) is 14.4 Å². The molecule has 1 saturated carbocycles. The maximum atomic E-state index is 9.34. The van der Waals surface area contributed by atoms with E-state index in [0.29, 0.717) is 17.0 Å². The molecule has 0 N–H and O–H groups in total. The number of furan rings is 1. The highest BCUT2D eigenvalue weighted by Gasteiger charge is 2.43. The van der Waals surface area contributed by atoms with Gasteiger partial charge in [-0.05, 0) is 106 Å². The van der Waals surface area contributed by atoms with Crippen LogP contribution in [0.4, 0.5) is 0 Å². The van der Waals surface area contributed by atoms with Crippen molar-refractivity contribution in [2.75, 3.05) is 0 Å². The number of hydrogen-bond donors (Lipinski definition) is 0. The summed E-state index contributed by atoms with van der Waals surface area (Å²) in [5.74, 6) is 0.593.